The average molecular weight is 437 g/mol. The van der Waals surface area contributed by atoms with Gasteiger partial charge in [-0.1, -0.05) is 49.4 Å². The van der Waals surface area contributed by atoms with Gasteiger partial charge in [-0.2, -0.15) is 0 Å². The fourth-order valence-corrected chi connectivity index (χ4v) is 4.27. The van der Waals surface area contributed by atoms with Crippen LogP contribution in [0, 0.1) is 0 Å². The highest BCUT2D eigenvalue weighted by molar-refractivity contribution is 6.27. The predicted octanol–water partition coefficient (Wildman–Crippen LogP) is 4.72. The summed E-state index contributed by atoms with van der Waals surface area (Å²) in [5.41, 5.74) is 3.56. The van der Waals surface area contributed by atoms with Crippen LogP contribution in [0.25, 0.3) is 11.1 Å². The molecule has 0 atom stereocenters. The lowest BCUT2D eigenvalue weighted by Gasteiger charge is -2.30. The van der Waals surface area contributed by atoms with Gasteiger partial charge in [0.2, 0.25) is 0 Å². The Morgan fingerprint density at radius 3 is 2.25 bits per heavy atom. The first-order valence-corrected chi connectivity index (χ1v) is 11.6. The molecular weight excluding hydrogens is 400 g/mol. The first-order valence-electron chi connectivity index (χ1n) is 11.6. The van der Waals surface area contributed by atoms with E-state index in [1.807, 2.05) is 42.5 Å². The number of phenols is 1. The quantitative estimate of drug-likeness (QED) is 0.441. The molecule has 3 rings (SSSR count). The molecule has 1 fully saturated rings. The van der Waals surface area contributed by atoms with E-state index in [9.17, 15) is 9.90 Å². The Morgan fingerprint density at radius 2 is 1.66 bits per heavy atom. The minimum Gasteiger partial charge on any atom is -0.508 e. The highest BCUT2D eigenvalue weighted by atomic mass is 16.5. The van der Waals surface area contributed by atoms with Crippen molar-refractivity contribution in [3.8, 4) is 5.75 Å². The van der Waals surface area contributed by atoms with E-state index in [1.54, 1.807) is 12.1 Å². The van der Waals surface area contributed by atoms with Gasteiger partial charge in [-0.25, -0.2) is 0 Å². The second-order valence-electron chi connectivity index (χ2n) is 8.74. The largest absolute Gasteiger partial charge is 0.508 e. The number of ether oxygens (including phenoxy) is 1. The van der Waals surface area contributed by atoms with Gasteiger partial charge in [0.05, 0.1) is 18.3 Å². The Labute approximate surface area is 192 Å². The highest BCUT2D eigenvalue weighted by Gasteiger charge is 2.25. The molecule has 172 valence electrons. The van der Waals surface area contributed by atoms with E-state index in [4.69, 9.17) is 4.74 Å². The number of rotatable bonds is 9. The number of allylic oxidation sites excluding steroid dienone is 1. The van der Waals surface area contributed by atoms with E-state index in [-0.39, 0.29) is 23.8 Å². The predicted molar refractivity (Wildman–Crippen MR) is 130 cm³/mol. The highest BCUT2D eigenvalue weighted by Crippen LogP contribution is 2.31. The van der Waals surface area contributed by atoms with Crippen molar-refractivity contribution < 1.29 is 14.6 Å². The number of nitrogens with zero attached hydrogens (tertiary/aromatic N) is 1. The lowest BCUT2D eigenvalue weighted by Crippen LogP contribution is -2.40. The molecule has 0 radical (unpaired) electrons. The number of phenolic OH excluding ortho intramolecular Hbond substituents is 1. The Balaban J connectivity index is 1.74. The van der Waals surface area contributed by atoms with Gasteiger partial charge in [0.1, 0.15) is 5.75 Å². The molecule has 2 aromatic rings. The molecule has 2 N–H and O–H groups in total. The zero-order chi connectivity index (χ0) is 22.9. The normalized spacial score (nSPS) is 19.5. The number of carbonyl (C=O) groups excluding carboxylic acids is 1. The lowest BCUT2D eigenvalue weighted by atomic mass is 9.90. The van der Waals surface area contributed by atoms with Crippen LogP contribution in [-0.4, -0.2) is 55.3 Å². The smallest absolute Gasteiger partial charge is 0.252 e. The number of carbonyl (C=O) groups is 1. The van der Waals surface area contributed by atoms with Crippen molar-refractivity contribution in [1.82, 2.24) is 10.2 Å². The van der Waals surface area contributed by atoms with E-state index in [1.165, 1.54) is 0 Å². The number of aromatic hydroxyl groups is 1. The molecule has 0 heterocycles. The van der Waals surface area contributed by atoms with Crippen molar-refractivity contribution in [2.75, 3.05) is 27.2 Å². The summed E-state index contributed by atoms with van der Waals surface area (Å²) in [5.74, 6) is 0.146. The third-order valence-electron chi connectivity index (χ3n) is 6.06. The summed E-state index contributed by atoms with van der Waals surface area (Å²) in [6.45, 7) is 3.75. The van der Waals surface area contributed by atoms with Crippen LogP contribution in [0.5, 0.6) is 5.75 Å². The maximum Gasteiger partial charge on any atom is 0.252 e. The fourth-order valence-electron chi connectivity index (χ4n) is 4.27. The molecule has 1 amide bonds. The Hall–Kier alpha value is -2.63. The molecule has 0 aliphatic heterocycles. The first-order chi connectivity index (χ1) is 15.5. The van der Waals surface area contributed by atoms with Gasteiger partial charge < -0.3 is 20.1 Å². The third-order valence-corrected chi connectivity index (χ3v) is 6.06. The van der Waals surface area contributed by atoms with Crippen LogP contribution in [0.3, 0.4) is 0 Å². The molecule has 1 saturated carbocycles. The number of likely N-dealkylation sites (N-methyl/N-ethyl adjacent to an activating group) is 1. The molecule has 0 unspecified atom stereocenters. The minimum absolute atomic E-state index is 0.0478. The molecule has 0 saturated heterocycles. The van der Waals surface area contributed by atoms with Crippen LogP contribution in [0.2, 0.25) is 0 Å². The molecule has 1 aliphatic carbocycles. The monoisotopic (exact) mass is 436 g/mol. The van der Waals surface area contributed by atoms with Gasteiger partial charge in [-0.3, -0.25) is 4.79 Å². The fraction of sp³-hybridized carbons (Fsp3) is 0.444. The van der Waals surface area contributed by atoms with Crippen molar-refractivity contribution in [3.63, 3.8) is 0 Å². The van der Waals surface area contributed by atoms with Gasteiger partial charge in [0, 0.05) is 12.6 Å². The summed E-state index contributed by atoms with van der Waals surface area (Å²) in [5, 5.41) is 13.0. The van der Waals surface area contributed by atoms with Gasteiger partial charge in [0.25, 0.3) is 5.91 Å². The van der Waals surface area contributed by atoms with Crippen molar-refractivity contribution in [1.29, 1.82) is 0 Å². The van der Waals surface area contributed by atoms with Gasteiger partial charge >= 0.3 is 0 Å². The van der Waals surface area contributed by atoms with Crippen LogP contribution in [-0.2, 0) is 9.53 Å². The molecule has 2 aromatic carbocycles. The van der Waals surface area contributed by atoms with Gasteiger partial charge in [-0.15, -0.1) is 0 Å². The summed E-state index contributed by atoms with van der Waals surface area (Å²) in [6.07, 6.45) is 4.80. The van der Waals surface area contributed by atoms with Crippen LogP contribution in [0.1, 0.15) is 50.2 Å². The number of benzene rings is 2. The van der Waals surface area contributed by atoms with Gasteiger partial charge in [-0.05, 0) is 75.0 Å². The summed E-state index contributed by atoms with van der Waals surface area (Å²) in [4.78, 5) is 15.7. The second-order valence-corrected chi connectivity index (χ2v) is 8.74. The average Bonchev–Trinajstić information content (AvgIpc) is 2.79. The lowest BCUT2D eigenvalue weighted by molar-refractivity contribution is -0.116. The molecule has 0 spiro atoms. The van der Waals surface area contributed by atoms with E-state index in [0.717, 1.165) is 62.0 Å². The maximum atomic E-state index is 13.5. The second kappa shape index (κ2) is 11.8. The summed E-state index contributed by atoms with van der Waals surface area (Å²) in [6, 6.07) is 17.1. The standard InChI is InChI=1S/C27H36N2O3/c1-4-25(20-8-6-5-7-9-20)26(21-10-14-23(30)15-11-21)27(31)28-22-12-16-24(17-13-22)32-19-18-29(2)3/h5-11,14-15,22,24,30H,4,12-13,16-19H2,1-3H3,(H,28,31)/b26-25+/t22-,24-. The molecule has 0 aromatic heterocycles. The van der Waals surface area contributed by atoms with E-state index in [0.29, 0.717) is 5.57 Å². The Kier molecular flexibility index (Phi) is 8.89. The van der Waals surface area contributed by atoms with E-state index < -0.39 is 0 Å². The first kappa shape index (κ1) is 24.0. The zero-order valence-electron chi connectivity index (χ0n) is 19.5. The van der Waals surface area contributed by atoms with Crippen LogP contribution < -0.4 is 5.32 Å². The molecular formula is C27H36N2O3. The summed E-state index contributed by atoms with van der Waals surface area (Å²) < 4.78 is 6.00. The molecule has 1 aliphatic rings. The SMILES string of the molecule is CC/C(=C(\C(=O)N[C@H]1CC[C@H](OCCN(C)C)CC1)c1ccc(O)cc1)c1ccccc1. The van der Waals surface area contributed by atoms with E-state index >= 15 is 0 Å². The van der Waals surface area contributed by atoms with Crippen LogP contribution >= 0.6 is 0 Å². The Morgan fingerprint density at radius 1 is 1.00 bits per heavy atom. The summed E-state index contributed by atoms with van der Waals surface area (Å²) >= 11 is 0. The number of hydrogen-bond acceptors (Lipinski definition) is 4. The zero-order valence-corrected chi connectivity index (χ0v) is 19.5. The number of amides is 1. The van der Waals surface area contributed by atoms with Crippen molar-refractivity contribution in [3.05, 3.63) is 65.7 Å². The number of hydrogen-bond donors (Lipinski definition) is 2. The molecule has 5 heteroatoms. The molecule has 0 bridgehead atoms. The third kappa shape index (κ3) is 6.68. The minimum atomic E-state index is -0.0478. The Bertz CT molecular complexity index is 883. The molecule has 32 heavy (non-hydrogen) atoms. The van der Waals surface area contributed by atoms with Crippen LogP contribution in [0.4, 0.5) is 0 Å². The van der Waals surface area contributed by atoms with Crippen LogP contribution in [0.15, 0.2) is 54.6 Å². The van der Waals surface area contributed by atoms with Crippen molar-refractivity contribution in [2.24, 2.45) is 0 Å². The molecule has 5 nitrogen and oxygen atoms in total. The van der Waals surface area contributed by atoms with Crippen molar-refractivity contribution >= 4 is 17.1 Å². The van der Waals surface area contributed by atoms with E-state index in [2.05, 4.69) is 31.2 Å². The topological polar surface area (TPSA) is 61.8 Å². The summed E-state index contributed by atoms with van der Waals surface area (Å²) in [7, 11) is 4.10. The maximum absolute atomic E-state index is 13.5. The number of nitrogens with one attached hydrogen (secondary N) is 1. The van der Waals surface area contributed by atoms with Gasteiger partial charge in [0.15, 0.2) is 0 Å². The van der Waals surface area contributed by atoms with Crippen molar-refractivity contribution in [2.45, 2.75) is 51.2 Å².